The summed E-state index contributed by atoms with van der Waals surface area (Å²) >= 11 is 7.52. The third-order valence-electron chi connectivity index (χ3n) is 5.33. The lowest BCUT2D eigenvalue weighted by molar-refractivity contribution is -0.114. The molecule has 0 bridgehead atoms. The average molecular weight is 506 g/mol. The van der Waals surface area contributed by atoms with Crippen molar-refractivity contribution in [3.05, 3.63) is 59.1 Å². The van der Waals surface area contributed by atoms with Crippen LogP contribution in [-0.2, 0) is 19.4 Å². The Bertz CT molecular complexity index is 1280. The van der Waals surface area contributed by atoms with Gasteiger partial charge in [0.1, 0.15) is 0 Å². The number of amides is 1. The summed E-state index contributed by atoms with van der Waals surface area (Å²) < 4.78 is 30.0. The zero-order valence-corrected chi connectivity index (χ0v) is 20.5. The highest BCUT2D eigenvalue weighted by Crippen LogP contribution is 2.31. The topological polar surface area (TPSA) is 79.8 Å². The summed E-state index contributed by atoms with van der Waals surface area (Å²) in [5, 5.41) is 1.09. The van der Waals surface area contributed by atoms with Gasteiger partial charge in [0.05, 0.1) is 28.3 Å². The fraction of sp³-hybridized carbons (Fsp3) is 0.304. The van der Waals surface area contributed by atoms with Gasteiger partial charge in [0, 0.05) is 43.5 Å². The Morgan fingerprint density at radius 2 is 2.00 bits per heavy atom. The maximum atomic E-state index is 13.2. The average Bonchev–Trinajstić information content (AvgIpc) is 3.22. The first-order valence-electron chi connectivity index (χ1n) is 10.5. The molecule has 0 unspecified atom stereocenters. The highest BCUT2D eigenvalue weighted by molar-refractivity contribution is 7.90. The van der Waals surface area contributed by atoms with Crippen molar-refractivity contribution in [3.63, 3.8) is 0 Å². The van der Waals surface area contributed by atoms with Crippen LogP contribution in [-0.4, -0.2) is 69.9 Å². The molecule has 174 valence electrons. The molecule has 2 heterocycles. The van der Waals surface area contributed by atoms with Crippen LogP contribution in [0, 0.1) is 0 Å². The van der Waals surface area contributed by atoms with Gasteiger partial charge in [-0.2, -0.15) is 0 Å². The second-order valence-electron chi connectivity index (χ2n) is 7.70. The molecule has 1 fully saturated rings. The first-order valence-corrected chi connectivity index (χ1v) is 13.5. The zero-order valence-electron chi connectivity index (χ0n) is 18.1. The molecular weight excluding hydrogens is 482 g/mol. The largest absolute Gasteiger partial charge is 0.379 e. The van der Waals surface area contributed by atoms with Crippen LogP contribution in [0.25, 0.3) is 16.3 Å². The number of carbonyl (C=O) groups is 1. The molecule has 1 aromatic heterocycles. The molecule has 1 amide bonds. The Morgan fingerprint density at radius 3 is 2.73 bits per heavy atom. The Labute approximate surface area is 202 Å². The van der Waals surface area contributed by atoms with Crippen molar-refractivity contribution in [2.75, 3.05) is 50.5 Å². The number of anilines is 1. The molecule has 3 aromatic rings. The van der Waals surface area contributed by atoms with Crippen LogP contribution in [0.3, 0.4) is 0 Å². The summed E-state index contributed by atoms with van der Waals surface area (Å²) in [5.74, 6) is -0.217. The van der Waals surface area contributed by atoms with Crippen molar-refractivity contribution >= 4 is 60.1 Å². The summed E-state index contributed by atoms with van der Waals surface area (Å²) in [4.78, 5) is 22.0. The lowest BCUT2D eigenvalue weighted by atomic mass is 10.2. The van der Waals surface area contributed by atoms with Gasteiger partial charge in [-0.3, -0.25) is 14.6 Å². The van der Waals surface area contributed by atoms with Crippen LogP contribution in [0.2, 0.25) is 5.02 Å². The molecule has 33 heavy (non-hydrogen) atoms. The monoisotopic (exact) mass is 505 g/mol. The third-order valence-corrected chi connectivity index (χ3v) is 7.82. The lowest BCUT2D eigenvalue weighted by Crippen LogP contribution is -2.42. The second kappa shape index (κ2) is 10.3. The number of benzene rings is 2. The van der Waals surface area contributed by atoms with E-state index in [2.05, 4.69) is 9.88 Å². The van der Waals surface area contributed by atoms with Crippen molar-refractivity contribution in [1.29, 1.82) is 0 Å². The highest BCUT2D eigenvalue weighted by atomic mass is 35.5. The molecule has 0 radical (unpaired) electrons. The molecule has 10 heteroatoms. The predicted octanol–water partition coefficient (Wildman–Crippen LogP) is 3.73. The SMILES string of the molecule is CS(=O)(=O)c1ccc2nc(N(CCN3CCOCC3)C(=O)C=Cc3ccccc3Cl)sc2c1. The smallest absolute Gasteiger partial charge is 0.252 e. The number of rotatable bonds is 7. The van der Waals surface area contributed by atoms with Gasteiger partial charge in [-0.1, -0.05) is 41.1 Å². The van der Waals surface area contributed by atoms with Crippen LogP contribution in [0.1, 0.15) is 5.56 Å². The second-order valence-corrected chi connectivity index (χ2v) is 11.1. The number of hydrogen-bond acceptors (Lipinski definition) is 7. The number of ether oxygens (including phenoxy) is 1. The van der Waals surface area contributed by atoms with E-state index in [0.717, 1.165) is 18.7 Å². The summed E-state index contributed by atoms with van der Waals surface area (Å²) in [6.07, 6.45) is 4.36. The minimum Gasteiger partial charge on any atom is -0.379 e. The molecule has 4 rings (SSSR count). The maximum Gasteiger partial charge on any atom is 0.252 e. The molecule has 0 N–H and O–H groups in total. The standard InChI is InChI=1S/C23H24ClN3O4S2/c1-33(29,30)18-7-8-20-21(16-18)32-23(25-20)27(11-10-26-12-14-31-15-13-26)22(28)9-6-17-4-2-3-5-19(17)24/h2-9,16H,10-15H2,1H3. The molecule has 0 saturated carbocycles. The minimum absolute atomic E-state index is 0.217. The Kier molecular flexibility index (Phi) is 7.45. The normalized spacial score (nSPS) is 15.3. The van der Waals surface area contributed by atoms with Crippen molar-refractivity contribution in [3.8, 4) is 0 Å². The highest BCUT2D eigenvalue weighted by Gasteiger charge is 2.21. The lowest BCUT2D eigenvalue weighted by Gasteiger charge is -2.28. The number of halogens is 1. The van der Waals surface area contributed by atoms with Crippen molar-refractivity contribution in [1.82, 2.24) is 9.88 Å². The molecule has 1 saturated heterocycles. The van der Waals surface area contributed by atoms with E-state index in [0.29, 0.717) is 46.7 Å². The number of aromatic nitrogens is 1. The van der Waals surface area contributed by atoms with Gasteiger partial charge >= 0.3 is 0 Å². The minimum atomic E-state index is -3.33. The van der Waals surface area contributed by atoms with E-state index in [1.165, 1.54) is 23.7 Å². The fourth-order valence-corrected chi connectivity index (χ4v) is 5.42. The molecule has 0 aliphatic carbocycles. The van der Waals surface area contributed by atoms with Gasteiger partial charge < -0.3 is 4.74 Å². The molecule has 7 nitrogen and oxygen atoms in total. The first kappa shape index (κ1) is 23.8. The van der Waals surface area contributed by atoms with Crippen LogP contribution in [0.15, 0.2) is 53.4 Å². The summed E-state index contributed by atoms with van der Waals surface area (Å²) in [6, 6.07) is 12.1. The Morgan fingerprint density at radius 1 is 1.24 bits per heavy atom. The van der Waals surface area contributed by atoms with Gasteiger partial charge in [0.15, 0.2) is 15.0 Å². The number of thiazole rings is 1. The van der Waals surface area contributed by atoms with E-state index in [9.17, 15) is 13.2 Å². The van der Waals surface area contributed by atoms with E-state index < -0.39 is 9.84 Å². The van der Waals surface area contributed by atoms with Crippen molar-refractivity contribution < 1.29 is 17.9 Å². The Balaban J connectivity index is 1.62. The molecule has 0 atom stereocenters. The van der Waals surface area contributed by atoms with E-state index in [4.69, 9.17) is 16.3 Å². The number of sulfone groups is 1. The van der Waals surface area contributed by atoms with Crippen LogP contribution < -0.4 is 4.90 Å². The number of nitrogens with zero attached hydrogens (tertiary/aromatic N) is 3. The maximum absolute atomic E-state index is 13.2. The molecule has 2 aromatic carbocycles. The first-order chi connectivity index (χ1) is 15.8. The van der Waals surface area contributed by atoms with Gasteiger partial charge in [-0.15, -0.1) is 0 Å². The van der Waals surface area contributed by atoms with Crippen LogP contribution in [0.4, 0.5) is 5.13 Å². The van der Waals surface area contributed by atoms with E-state index >= 15 is 0 Å². The van der Waals surface area contributed by atoms with Gasteiger partial charge in [0.25, 0.3) is 5.91 Å². The quantitative estimate of drug-likeness (QED) is 0.455. The predicted molar refractivity (Wildman–Crippen MR) is 133 cm³/mol. The summed E-state index contributed by atoms with van der Waals surface area (Å²) in [7, 11) is -3.33. The molecule has 1 aliphatic heterocycles. The molecular formula is C23H24ClN3O4S2. The summed E-state index contributed by atoms with van der Waals surface area (Å²) in [5.41, 5.74) is 1.41. The van der Waals surface area contributed by atoms with Crippen LogP contribution >= 0.6 is 22.9 Å². The number of morpholine rings is 1. The number of fused-ring (bicyclic) bond motifs is 1. The third kappa shape index (κ3) is 5.99. The van der Waals surface area contributed by atoms with Gasteiger partial charge in [0.2, 0.25) is 0 Å². The van der Waals surface area contributed by atoms with Crippen molar-refractivity contribution in [2.45, 2.75) is 4.90 Å². The Hall–Kier alpha value is -2.30. The number of carbonyl (C=O) groups excluding carboxylic acids is 1. The number of hydrogen-bond donors (Lipinski definition) is 0. The zero-order chi connectivity index (χ0) is 23.4. The summed E-state index contributed by atoms with van der Waals surface area (Å²) in [6.45, 7) is 4.11. The molecule has 1 aliphatic rings. The molecule has 0 spiro atoms. The van der Waals surface area contributed by atoms with Crippen LogP contribution in [0.5, 0.6) is 0 Å². The van der Waals surface area contributed by atoms with Crippen molar-refractivity contribution in [2.24, 2.45) is 0 Å². The van der Waals surface area contributed by atoms with Gasteiger partial charge in [-0.25, -0.2) is 13.4 Å². The van der Waals surface area contributed by atoms with E-state index in [-0.39, 0.29) is 10.8 Å². The fourth-order valence-electron chi connectivity index (χ4n) is 3.47. The van der Waals surface area contributed by atoms with E-state index in [1.807, 2.05) is 18.2 Å². The van der Waals surface area contributed by atoms with Gasteiger partial charge in [-0.05, 0) is 35.9 Å². The van der Waals surface area contributed by atoms with E-state index in [1.54, 1.807) is 35.2 Å².